The van der Waals surface area contributed by atoms with Gasteiger partial charge in [0.25, 0.3) is 0 Å². The fourth-order valence-corrected chi connectivity index (χ4v) is 2.11. The van der Waals surface area contributed by atoms with Crippen molar-refractivity contribution in [3.05, 3.63) is 0 Å². The van der Waals surface area contributed by atoms with E-state index in [1.807, 2.05) is 0 Å². The SMILES string of the molecule is CCC1(CC)CN(CCOCC(=O)O)C1. The van der Waals surface area contributed by atoms with Crippen LogP contribution in [0.5, 0.6) is 0 Å². The number of hydrogen-bond donors (Lipinski definition) is 1. The average Bonchev–Trinajstić information content (AvgIpc) is 2.15. The van der Waals surface area contributed by atoms with Crippen molar-refractivity contribution < 1.29 is 14.6 Å². The Balaban J connectivity index is 2.05. The maximum absolute atomic E-state index is 10.2. The van der Waals surface area contributed by atoms with Crippen molar-refractivity contribution in [2.75, 3.05) is 32.8 Å². The molecule has 1 N–H and O–H groups in total. The predicted molar refractivity (Wildman–Crippen MR) is 57.9 cm³/mol. The van der Waals surface area contributed by atoms with E-state index < -0.39 is 5.97 Å². The van der Waals surface area contributed by atoms with Crippen molar-refractivity contribution >= 4 is 5.97 Å². The van der Waals surface area contributed by atoms with Crippen LogP contribution in [0.3, 0.4) is 0 Å². The van der Waals surface area contributed by atoms with Gasteiger partial charge in [0.1, 0.15) is 6.61 Å². The second-order valence-corrected chi connectivity index (χ2v) is 4.36. The second kappa shape index (κ2) is 5.47. The van der Waals surface area contributed by atoms with Crippen LogP contribution in [0.25, 0.3) is 0 Å². The quantitative estimate of drug-likeness (QED) is 0.648. The van der Waals surface area contributed by atoms with E-state index >= 15 is 0 Å². The van der Waals surface area contributed by atoms with Crippen molar-refractivity contribution in [3.63, 3.8) is 0 Å². The Hall–Kier alpha value is -0.610. The molecule has 1 saturated heterocycles. The van der Waals surface area contributed by atoms with Crippen molar-refractivity contribution in [1.82, 2.24) is 4.90 Å². The highest BCUT2D eigenvalue weighted by atomic mass is 16.5. The van der Waals surface area contributed by atoms with Gasteiger partial charge >= 0.3 is 5.97 Å². The zero-order valence-electron chi connectivity index (χ0n) is 9.66. The van der Waals surface area contributed by atoms with Crippen LogP contribution in [0, 0.1) is 5.41 Å². The van der Waals surface area contributed by atoms with Gasteiger partial charge in [0.2, 0.25) is 0 Å². The highest BCUT2D eigenvalue weighted by Gasteiger charge is 2.38. The van der Waals surface area contributed by atoms with Crippen molar-refractivity contribution in [2.45, 2.75) is 26.7 Å². The number of likely N-dealkylation sites (tertiary alicyclic amines) is 1. The summed E-state index contributed by atoms with van der Waals surface area (Å²) in [7, 11) is 0. The van der Waals surface area contributed by atoms with Crippen molar-refractivity contribution in [3.8, 4) is 0 Å². The van der Waals surface area contributed by atoms with E-state index in [9.17, 15) is 4.79 Å². The van der Waals surface area contributed by atoms with Crippen LogP contribution in [0.15, 0.2) is 0 Å². The fraction of sp³-hybridized carbons (Fsp3) is 0.909. The van der Waals surface area contributed by atoms with Gasteiger partial charge in [-0.3, -0.25) is 4.90 Å². The van der Waals surface area contributed by atoms with E-state index in [1.165, 1.54) is 12.8 Å². The van der Waals surface area contributed by atoms with Gasteiger partial charge in [0.15, 0.2) is 0 Å². The lowest BCUT2D eigenvalue weighted by molar-refractivity contribution is -0.142. The molecule has 88 valence electrons. The zero-order chi connectivity index (χ0) is 11.3. The monoisotopic (exact) mass is 215 g/mol. The summed E-state index contributed by atoms with van der Waals surface area (Å²) in [5, 5.41) is 8.37. The molecule has 1 rings (SSSR count). The molecule has 0 aromatic carbocycles. The summed E-state index contributed by atoms with van der Waals surface area (Å²) in [5.74, 6) is -0.893. The van der Waals surface area contributed by atoms with E-state index in [0.29, 0.717) is 12.0 Å². The third kappa shape index (κ3) is 3.47. The lowest BCUT2D eigenvalue weighted by atomic mass is 9.75. The van der Waals surface area contributed by atoms with Crippen LogP contribution in [0.2, 0.25) is 0 Å². The number of carboxylic acids is 1. The molecule has 1 fully saturated rings. The van der Waals surface area contributed by atoms with E-state index in [4.69, 9.17) is 9.84 Å². The first-order valence-corrected chi connectivity index (χ1v) is 5.64. The normalized spacial score (nSPS) is 19.9. The highest BCUT2D eigenvalue weighted by molar-refractivity contribution is 5.67. The number of hydrogen-bond acceptors (Lipinski definition) is 3. The van der Waals surface area contributed by atoms with Gasteiger partial charge in [-0.25, -0.2) is 4.79 Å². The molecule has 15 heavy (non-hydrogen) atoms. The molecule has 0 radical (unpaired) electrons. The standard InChI is InChI=1S/C11H21NO3/c1-3-11(4-2)8-12(9-11)5-6-15-7-10(13)14/h3-9H2,1-2H3,(H,13,14). The van der Waals surface area contributed by atoms with Gasteiger partial charge in [-0.15, -0.1) is 0 Å². The number of ether oxygens (including phenoxy) is 1. The number of carbonyl (C=O) groups is 1. The Morgan fingerprint density at radius 2 is 2.00 bits per heavy atom. The molecular formula is C11H21NO3. The molecule has 0 bridgehead atoms. The summed E-state index contributed by atoms with van der Waals surface area (Å²) in [4.78, 5) is 12.5. The lowest BCUT2D eigenvalue weighted by Crippen LogP contribution is -2.56. The molecule has 0 aliphatic carbocycles. The number of rotatable bonds is 7. The van der Waals surface area contributed by atoms with Crippen LogP contribution in [0.1, 0.15) is 26.7 Å². The highest BCUT2D eigenvalue weighted by Crippen LogP contribution is 2.36. The number of carboxylic acid groups (broad SMARTS) is 1. The van der Waals surface area contributed by atoms with Crippen LogP contribution < -0.4 is 0 Å². The summed E-state index contributed by atoms with van der Waals surface area (Å²) < 4.78 is 5.00. The molecule has 4 heteroatoms. The second-order valence-electron chi connectivity index (χ2n) is 4.36. The molecule has 0 aromatic rings. The van der Waals surface area contributed by atoms with Gasteiger partial charge in [0, 0.05) is 19.6 Å². The molecule has 0 spiro atoms. The van der Waals surface area contributed by atoms with Crippen LogP contribution in [0.4, 0.5) is 0 Å². The largest absolute Gasteiger partial charge is 0.480 e. The van der Waals surface area contributed by atoms with Gasteiger partial charge < -0.3 is 9.84 Å². The van der Waals surface area contributed by atoms with Gasteiger partial charge in [-0.05, 0) is 18.3 Å². The average molecular weight is 215 g/mol. The Morgan fingerprint density at radius 1 is 1.40 bits per heavy atom. The lowest BCUT2D eigenvalue weighted by Gasteiger charge is -2.50. The summed E-state index contributed by atoms with van der Waals surface area (Å²) in [6.07, 6.45) is 2.46. The molecule has 0 unspecified atom stereocenters. The first kappa shape index (κ1) is 12.5. The zero-order valence-corrected chi connectivity index (χ0v) is 9.66. The first-order chi connectivity index (χ1) is 7.12. The Bertz CT molecular complexity index is 206. The molecular weight excluding hydrogens is 194 g/mol. The van der Waals surface area contributed by atoms with Gasteiger partial charge in [0.05, 0.1) is 6.61 Å². The molecule has 4 nitrogen and oxygen atoms in total. The first-order valence-electron chi connectivity index (χ1n) is 5.64. The van der Waals surface area contributed by atoms with Crippen LogP contribution in [-0.2, 0) is 9.53 Å². The minimum Gasteiger partial charge on any atom is -0.480 e. The summed E-state index contributed by atoms with van der Waals surface area (Å²) >= 11 is 0. The molecule has 1 heterocycles. The topological polar surface area (TPSA) is 49.8 Å². The molecule has 0 saturated carbocycles. The third-order valence-corrected chi connectivity index (χ3v) is 3.40. The summed E-state index contributed by atoms with van der Waals surface area (Å²) in [6.45, 7) is 7.95. The van der Waals surface area contributed by atoms with E-state index in [1.54, 1.807) is 0 Å². The third-order valence-electron chi connectivity index (χ3n) is 3.40. The fourth-order valence-electron chi connectivity index (χ4n) is 2.11. The minimum atomic E-state index is -0.893. The smallest absolute Gasteiger partial charge is 0.329 e. The van der Waals surface area contributed by atoms with Crippen molar-refractivity contribution in [1.29, 1.82) is 0 Å². The van der Waals surface area contributed by atoms with E-state index in [2.05, 4.69) is 18.7 Å². The summed E-state index contributed by atoms with van der Waals surface area (Å²) in [5.41, 5.74) is 0.521. The van der Waals surface area contributed by atoms with Crippen LogP contribution >= 0.6 is 0 Å². The van der Waals surface area contributed by atoms with E-state index in [0.717, 1.165) is 19.6 Å². The molecule has 1 aliphatic rings. The Labute approximate surface area is 91.2 Å². The summed E-state index contributed by atoms with van der Waals surface area (Å²) in [6, 6.07) is 0. The van der Waals surface area contributed by atoms with Crippen molar-refractivity contribution in [2.24, 2.45) is 5.41 Å². The van der Waals surface area contributed by atoms with Gasteiger partial charge in [-0.1, -0.05) is 13.8 Å². The number of nitrogens with zero attached hydrogens (tertiary/aromatic N) is 1. The maximum Gasteiger partial charge on any atom is 0.329 e. The number of aliphatic carboxylic acids is 1. The van der Waals surface area contributed by atoms with Gasteiger partial charge in [-0.2, -0.15) is 0 Å². The molecule has 0 atom stereocenters. The van der Waals surface area contributed by atoms with E-state index in [-0.39, 0.29) is 6.61 Å². The molecule has 0 amide bonds. The van der Waals surface area contributed by atoms with Crippen LogP contribution in [-0.4, -0.2) is 48.8 Å². The molecule has 1 aliphatic heterocycles. The maximum atomic E-state index is 10.2. The Morgan fingerprint density at radius 3 is 2.47 bits per heavy atom. The Kier molecular flexibility index (Phi) is 4.54. The predicted octanol–water partition coefficient (Wildman–Crippen LogP) is 1.21. The molecule has 0 aromatic heterocycles. The minimum absolute atomic E-state index is 0.180.